The number of nitrogens with zero attached hydrogens (tertiary/aromatic N) is 3. The molecule has 0 spiro atoms. The zero-order chi connectivity index (χ0) is 19.8. The SMILES string of the molecule is Cc1ccc(C2(C(=O)NC3CCN(c4nccc(-c5ccc[nH]5)n4)C3)CC2)cc1. The Kier molecular flexibility index (Phi) is 4.34. The van der Waals surface area contributed by atoms with Crippen LogP contribution in [-0.2, 0) is 10.2 Å². The van der Waals surface area contributed by atoms with Crippen LogP contribution >= 0.6 is 0 Å². The first-order chi connectivity index (χ1) is 14.1. The number of carbonyl (C=O) groups is 1. The second kappa shape index (κ2) is 7.03. The highest BCUT2D eigenvalue weighted by Gasteiger charge is 2.51. The minimum absolute atomic E-state index is 0.128. The van der Waals surface area contributed by atoms with Crippen LogP contribution in [0.1, 0.15) is 30.4 Å². The number of H-pyrrole nitrogens is 1. The highest BCUT2D eigenvalue weighted by Crippen LogP contribution is 2.48. The van der Waals surface area contributed by atoms with Crippen molar-refractivity contribution >= 4 is 11.9 Å². The first-order valence-corrected chi connectivity index (χ1v) is 10.2. The van der Waals surface area contributed by atoms with E-state index in [0.29, 0.717) is 5.95 Å². The molecule has 2 N–H and O–H groups in total. The molecule has 29 heavy (non-hydrogen) atoms. The van der Waals surface area contributed by atoms with Gasteiger partial charge in [0.1, 0.15) is 0 Å². The number of amides is 1. The molecule has 6 heteroatoms. The van der Waals surface area contributed by atoms with Gasteiger partial charge in [-0.2, -0.15) is 0 Å². The number of rotatable bonds is 5. The summed E-state index contributed by atoms with van der Waals surface area (Å²) >= 11 is 0. The molecule has 1 atom stereocenters. The van der Waals surface area contributed by atoms with Gasteiger partial charge in [0.05, 0.1) is 16.8 Å². The number of aromatic amines is 1. The summed E-state index contributed by atoms with van der Waals surface area (Å²) in [4.78, 5) is 27.5. The first kappa shape index (κ1) is 17.9. The molecule has 5 rings (SSSR count). The Bertz CT molecular complexity index is 1010. The normalized spacial score (nSPS) is 19.9. The fourth-order valence-corrected chi connectivity index (χ4v) is 4.17. The number of aromatic nitrogens is 3. The number of hydrogen-bond acceptors (Lipinski definition) is 4. The summed E-state index contributed by atoms with van der Waals surface area (Å²) in [6.45, 7) is 3.66. The molecular formula is C23H25N5O. The molecule has 1 aliphatic carbocycles. The topological polar surface area (TPSA) is 73.9 Å². The second-order valence-electron chi connectivity index (χ2n) is 8.18. The lowest BCUT2D eigenvalue weighted by Crippen LogP contribution is -2.43. The number of carbonyl (C=O) groups excluding carboxylic acids is 1. The van der Waals surface area contributed by atoms with Crippen molar-refractivity contribution < 1.29 is 4.79 Å². The third kappa shape index (κ3) is 3.39. The fourth-order valence-electron chi connectivity index (χ4n) is 4.17. The van der Waals surface area contributed by atoms with Gasteiger partial charge in [-0.15, -0.1) is 0 Å². The molecule has 1 saturated carbocycles. The quantitative estimate of drug-likeness (QED) is 0.705. The largest absolute Gasteiger partial charge is 0.360 e. The lowest BCUT2D eigenvalue weighted by Gasteiger charge is -2.21. The fraction of sp³-hybridized carbons (Fsp3) is 0.348. The maximum absolute atomic E-state index is 13.1. The van der Waals surface area contributed by atoms with Crippen LogP contribution in [0, 0.1) is 6.92 Å². The van der Waals surface area contributed by atoms with Crippen molar-refractivity contribution in [3.63, 3.8) is 0 Å². The second-order valence-corrected chi connectivity index (χ2v) is 8.18. The van der Waals surface area contributed by atoms with Crippen LogP contribution in [0.5, 0.6) is 0 Å². The predicted molar refractivity (Wildman–Crippen MR) is 113 cm³/mol. The molecule has 1 unspecified atom stereocenters. The van der Waals surface area contributed by atoms with Crippen LogP contribution in [0.4, 0.5) is 5.95 Å². The van der Waals surface area contributed by atoms with Gasteiger partial charge in [-0.1, -0.05) is 29.8 Å². The lowest BCUT2D eigenvalue weighted by atomic mass is 9.94. The number of aryl methyl sites for hydroxylation is 1. The van der Waals surface area contributed by atoms with Gasteiger partial charge in [-0.05, 0) is 49.9 Å². The molecular weight excluding hydrogens is 362 g/mol. The van der Waals surface area contributed by atoms with E-state index in [1.165, 1.54) is 5.56 Å². The highest BCUT2D eigenvalue weighted by molar-refractivity contribution is 5.91. The third-order valence-electron chi connectivity index (χ3n) is 6.11. The van der Waals surface area contributed by atoms with E-state index in [1.807, 2.05) is 24.4 Å². The Balaban J connectivity index is 1.25. The molecule has 1 saturated heterocycles. The van der Waals surface area contributed by atoms with Crippen molar-refractivity contribution in [2.24, 2.45) is 0 Å². The molecule has 1 aromatic carbocycles. The summed E-state index contributed by atoms with van der Waals surface area (Å²) in [6, 6.07) is 14.4. The number of benzene rings is 1. The molecule has 1 amide bonds. The molecule has 3 aromatic rings. The Hall–Kier alpha value is -3.15. The smallest absolute Gasteiger partial charge is 0.230 e. The standard InChI is InChI=1S/C23H25N5O/c1-16-4-6-17(7-5-16)23(10-11-23)21(29)26-18-9-14-28(15-18)22-25-13-8-20(27-22)19-3-2-12-24-19/h2-8,12-13,18,24H,9-11,14-15H2,1H3,(H,26,29). The van der Waals surface area contributed by atoms with E-state index in [1.54, 1.807) is 6.20 Å². The minimum Gasteiger partial charge on any atom is -0.360 e. The van der Waals surface area contributed by atoms with Crippen molar-refractivity contribution in [1.82, 2.24) is 20.3 Å². The third-order valence-corrected chi connectivity index (χ3v) is 6.11. The Morgan fingerprint density at radius 3 is 2.76 bits per heavy atom. The molecule has 6 nitrogen and oxygen atoms in total. The monoisotopic (exact) mass is 387 g/mol. The van der Waals surface area contributed by atoms with Gasteiger partial charge in [-0.25, -0.2) is 9.97 Å². The number of anilines is 1. The summed E-state index contributed by atoms with van der Waals surface area (Å²) in [6.07, 6.45) is 6.45. The van der Waals surface area contributed by atoms with Gasteiger partial charge in [-0.3, -0.25) is 4.79 Å². The highest BCUT2D eigenvalue weighted by atomic mass is 16.2. The summed E-state index contributed by atoms with van der Waals surface area (Å²) < 4.78 is 0. The van der Waals surface area contributed by atoms with Crippen molar-refractivity contribution in [3.8, 4) is 11.4 Å². The zero-order valence-electron chi connectivity index (χ0n) is 16.6. The summed E-state index contributed by atoms with van der Waals surface area (Å²) in [5.41, 5.74) is 3.89. The average Bonchev–Trinajstić information content (AvgIpc) is 3.15. The molecule has 2 aliphatic rings. The number of nitrogens with one attached hydrogen (secondary N) is 2. The van der Waals surface area contributed by atoms with Crippen LogP contribution in [-0.4, -0.2) is 40.0 Å². The van der Waals surface area contributed by atoms with E-state index in [9.17, 15) is 4.79 Å². The van der Waals surface area contributed by atoms with Crippen molar-refractivity contribution in [3.05, 3.63) is 66.0 Å². The van der Waals surface area contributed by atoms with E-state index < -0.39 is 0 Å². The van der Waals surface area contributed by atoms with Gasteiger partial charge in [0, 0.05) is 31.5 Å². The zero-order valence-corrected chi connectivity index (χ0v) is 16.6. The van der Waals surface area contributed by atoms with Gasteiger partial charge >= 0.3 is 0 Å². The Morgan fingerprint density at radius 1 is 1.21 bits per heavy atom. The lowest BCUT2D eigenvalue weighted by molar-refractivity contribution is -0.124. The molecule has 148 valence electrons. The van der Waals surface area contributed by atoms with Crippen LogP contribution in [0.3, 0.4) is 0 Å². The maximum Gasteiger partial charge on any atom is 0.230 e. The Labute approximate surface area is 170 Å². The minimum atomic E-state index is -0.328. The van der Waals surface area contributed by atoms with Gasteiger partial charge in [0.2, 0.25) is 11.9 Å². The maximum atomic E-state index is 13.1. The molecule has 0 radical (unpaired) electrons. The van der Waals surface area contributed by atoms with Crippen molar-refractivity contribution in [2.45, 2.75) is 37.6 Å². The average molecular weight is 387 g/mol. The molecule has 2 fully saturated rings. The van der Waals surface area contributed by atoms with Crippen LogP contribution in [0.25, 0.3) is 11.4 Å². The molecule has 3 heterocycles. The summed E-state index contributed by atoms with van der Waals surface area (Å²) in [7, 11) is 0. The molecule has 2 aromatic heterocycles. The van der Waals surface area contributed by atoms with Crippen LogP contribution in [0.2, 0.25) is 0 Å². The van der Waals surface area contributed by atoms with Gasteiger partial charge in [0.25, 0.3) is 0 Å². The van der Waals surface area contributed by atoms with Crippen molar-refractivity contribution in [1.29, 1.82) is 0 Å². The molecule has 0 bridgehead atoms. The molecule has 1 aliphatic heterocycles. The van der Waals surface area contributed by atoms with E-state index >= 15 is 0 Å². The van der Waals surface area contributed by atoms with Crippen LogP contribution in [0.15, 0.2) is 54.9 Å². The van der Waals surface area contributed by atoms with Gasteiger partial charge in [0.15, 0.2) is 0 Å². The predicted octanol–water partition coefficient (Wildman–Crippen LogP) is 3.21. The summed E-state index contributed by atoms with van der Waals surface area (Å²) in [5.74, 6) is 0.878. The van der Waals surface area contributed by atoms with Crippen molar-refractivity contribution in [2.75, 3.05) is 18.0 Å². The van der Waals surface area contributed by atoms with E-state index in [0.717, 1.165) is 49.3 Å². The Morgan fingerprint density at radius 2 is 2.03 bits per heavy atom. The van der Waals surface area contributed by atoms with E-state index in [-0.39, 0.29) is 17.4 Å². The van der Waals surface area contributed by atoms with E-state index in [2.05, 4.69) is 51.4 Å². The van der Waals surface area contributed by atoms with Gasteiger partial charge < -0.3 is 15.2 Å². The van der Waals surface area contributed by atoms with E-state index in [4.69, 9.17) is 4.98 Å². The first-order valence-electron chi connectivity index (χ1n) is 10.2. The van der Waals surface area contributed by atoms with Crippen LogP contribution < -0.4 is 10.2 Å². The summed E-state index contributed by atoms with van der Waals surface area (Å²) in [5, 5.41) is 3.29. The number of hydrogen-bond donors (Lipinski definition) is 2.